The molecule has 6 heteroatoms. The van der Waals surface area contributed by atoms with E-state index >= 15 is 0 Å². The van der Waals surface area contributed by atoms with Gasteiger partial charge in [0.25, 0.3) is 0 Å². The van der Waals surface area contributed by atoms with E-state index < -0.39 is 0 Å². The van der Waals surface area contributed by atoms with E-state index in [0.29, 0.717) is 6.61 Å². The maximum atomic E-state index is 11.5. The zero-order chi connectivity index (χ0) is 20.9. The topological polar surface area (TPSA) is 54.9 Å². The molecule has 6 nitrogen and oxygen atoms in total. The number of rotatable bonds is 7. The van der Waals surface area contributed by atoms with Gasteiger partial charge in [-0.25, -0.2) is 9.78 Å². The highest BCUT2D eigenvalue weighted by Gasteiger charge is 2.29. The minimum Gasteiger partial charge on any atom is -0.457 e. The van der Waals surface area contributed by atoms with Crippen molar-refractivity contribution in [2.24, 2.45) is 0 Å². The maximum Gasteiger partial charge on any atom is 0.409 e. The number of nitrogens with zero attached hydrogens (tertiary/aromatic N) is 3. The lowest BCUT2D eigenvalue weighted by Gasteiger charge is -2.22. The zero-order valence-corrected chi connectivity index (χ0v) is 17.2. The first-order chi connectivity index (χ1) is 14.6. The highest BCUT2D eigenvalue weighted by molar-refractivity contribution is 5.69. The van der Waals surface area contributed by atoms with Crippen LogP contribution in [0.15, 0.2) is 72.9 Å². The van der Waals surface area contributed by atoms with Crippen LogP contribution in [0.1, 0.15) is 12.5 Å². The first-order valence-corrected chi connectivity index (χ1v) is 10.1. The van der Waals surface area contributed by atoms with Crippen LogP contribution in [0.25, 0.3) is 0 Å². The molecule has 0 aliphatic carbocycles. The number of cyclic esters (lactones) is 1. The van der Waals surface area contributed by atoms with Crippen LogP contribution in [0.3, 0.4) is 0 Å². The molecule has 0 N–H and O–H groups in total. The molecule has 0 bridgehead atoms. The van der Waals surface area contributed by atoms with E-state index in [4.69, 9.17) is 9.47 Å². The minimum absolute atomic E-state index is 0.0810. The molecule has 1 aliphatic heterocycles. The van der Waals surface area contributed by atoms with Crippen LogP contribution >= 0.6 is 0 Å². The summed E-state index contributed by atoms with van der Waals surface area (Å²) in [4.78, 5) is 19.7. The Balaban J connectivity index is 1.39. The van der Waals surface area contributed by atoms with Crippen molar-refractivity contribution < 1.29 is 14.3 Å². The van der Waals surface area contributed by atoms with E-state index in [1.54, 1.807) is 18.1 Å². The average molecular weight is 403 g/mol. The van der Waals surface area contributed by atoms with Gasteiger partial charge in [-0.05, 0) is 67.4 Å². The van der Waals surface area contributed by atoms with E-state index in [1.165, 1.54) is 0 Å². The predicted molar refractivity (Wildman–Crippen MR) is 116 cm³/mol. The molecule has 4 rings (SSSR count). The molecular formula is C24H25N3O3. The monoisotopic (exact) mass is 403 g/mol. The Morgan fingerprint density at radius 3 is 2.33 bits per heavy atom. The largest absolute Gasteiger partial charge is 0.457 e. The fourth-order valence-electron chi connectivity index (χ4n) is 3.51. The highest BCUT2D eigenvalue weighted by atomic mass is 16.6. The molecule has 1 amide bonds. The van der Waals surface area contributed by atoms with Crippen LogP contribution in [-0.4, -0.2) is 42.2 Å². The normalized spacial score (nSPS) is 15.7. The Hall–Kier alpha value is -3.54. The summed E-state index contributed by atoms with van der Waals surface area (Å²) in [6.45, 7) is 3.37. The first-order valence-electron chi connectivity index (χ1n) is 10.1. The first kappa shape index (κ1) is 19.8. The van der Waals surface area contributed by atoms with Gasteiger partial charge in [0.05, 0.1) is 6.04 Å². The summed E-state index contributed by atoms with van der Waals surface area (Å²) >= 11 is 0. The van der Waals surface area contributed by atoms with E-state index in [-0.39, 0.29) is 12.1 Å². The third kappa shape index (κ3) is 4.38. The highest BCUT2D eigenvalue weighted by Crippen LogP contribution is 2.28. The van der Waals surface area contributed by atoms with Gasteiger partial charge in [-0.1, -0.05) is 18.2 Å². The summed E-state index contributed by atoms with van der Waals surface area (Å²) in [6, 6.07) is 21.9. The predicted octanol–water partition coefficient (Wildman–Crippen LogP) is 5.03. The summed E-state index contributed by atoms with van der Waals surface area (Å²) in [7, 11) is 1.77. The van der Waals surface area contributed by atoms with Crippen LogP contribution in [0, 0.1) is 0 Å². The lowest BCUT2D eigenvalue weighted by atomic mass is 10.1. The van der Waals surface area contributed by atoms with E-state index in [0.717, 1.165) is 41.5 Å². The molecule has 1 atom stereocenters. The maximum absolute atomic E-state index is 11.5. The second-order valence-electron chi connectivity index (χ2n) is 7.22. The van der Waals surface area contributed by atoms with Crippen LogP contribution < -0.4 is 9.64 Å². The fourth-order valence-corrected chi connectivity index (χ4v) is 3.51. The van der Waals surface area contributed by atoms with Gasteiger partial charge in [0.1, 0.15) is 23.9 Å². The number of pyridine rings is 1. The molecule has 1 saturated heterocycles. The Morgan fingerprint density at radius 2 is 1.77 bits per heavy atom. The quantitative estimate of drug-likeness (QED) is 0.554. The number of carbonyl (C=O) groups is 1. The number of likely N-dealkylation sites (N-methyl/N-ethyl adjacent to an activating group) is 1. The van der Waals surface area contributed by atoms with Crippen molar-refractivity contribution in [2.75, 3.05) is 25.1 Å². The molecule has 2 aromatic carbocycles. The Morgan fingerprint density at radius 1 is 1.07 bits per heavy atom. The summed E-state index contributed by atoms with van der Waals surface area (Å²) in [5, 5.41) is 0. The molecule has 30 heavy (non-hydrogen) atoms. The molecule has 154 valence electrons. The molecule has 1 aliphatic rings. The third-order valence-electron chi connectivity index (χ3n) is 5.26. The van der Waals surface area contributed by atoms with Gasteiger partial charge in [0.15, 0.2) is 0 Å². The lowest BCUT2D eigenvalue weighted by Crippen LogP contribution is -2.30. The number of ether oxygens (including phenoxy) is 2. The van der Waals surface area contributed by atoms with Crippen LogP contribution in [0.2, 0.25) is 0 Å². The fraction of sp³-hybridized carbons (Fsp3) is 0.250. The van der Waals surface area contributed by atoms with Gasteiger partial charge in [-0.3, -0.25) is 0 Å². The second-order valence-corrected chi connectivity index (χ2v) is 7.22. The average Bonchev–Trinajstić information content (AvgIpc) is 3.10. The van der Waals surface area contributed by atoms with E-state index in [1.807, 2.05) is 66.7 Å². The molecule has 0 spiro atoms. The van der Waals surface area contributed by atoms with E-state index in [2.05, 4.69) is 16.8 Å². The Kier molecular flexibility index (Phi) is 5.84. The molecule has 1 aromatic heterocycles. The minimum atomic E-state index is -0.256. The summed E-state index contributed by atoms with van der Waals surface area (Å²) in [5.74, 6) is 2.47. The second kappa shape index (κ2) is 8.86. The SMILES string of the molecule is CCN(c1ccc(Oc2ccc(CC3COC(=O)N3C)cc2)cc1)c1ccccn1. The molecule has 2 heterocycles. The standard InChI is InChI=1S/C24H25N3O3/c1-3-27(23-6-4-5-15-25-23)19-9-13-22(14-10-19)30-21-11-7-18(8-12-21)16-20-17-29-24(28)26(20)2/h4-15,20H,3,16-17H2,1-2H3. The van der Waals surface area contributed by atoms with Gasteiger partial charge in [-0.2, -0.15) is 0 Å². The van der Waals surface area contributed by atoms with Gasteiger partial charge < -0.3 is 19.3 Å². The smallest absolute Gasteiger partial charge is 0.409 e. The summed E-state index contributed by atoms with van der Waals surface area (Å²) in [6.07, 6.45) is 2.31. The summed E-state index contributed by atoms with van der Waals surface area (Å²) in [5.41, 5.74) is 2.21. The number of hydrogen-bond donors (Lipinski definition) is 0. The van der Waals surface area contributed by atoms with Gasteiger partial charge in [-0.15, -0.1) is 0 Å². The van der Waals surface area contributed by atoms with Crippen molar-refractivity contribution in [3.63, 3.8) is 0 Å². The van der Waals surface area contributed by atoms with Crippen molar-refractivity contribution >= 4 is 17.6 Å². The van der Waals surface area contributed by atoms with Crippen LogP contribution in [0.4, 0.5) is 16.3 Å². The van der Waals surface area contributed by atoms with E-state index in [9.17, 15) is 4.79 Å². The molecule has 0 saturated carbocycles. The van der Waals surface area contributed by atoms with Gasteiger partial charge in [0.2, 0.25) is 0 Å². The van der Waals surface area contributed by atoms with Gasteiger partial charge >= 0.3 is 6.09 Å². The third-order valence-corrected chi connectivity index (χ3v) is 5.26. The molecule has 0 radical (unpaired) electrons. The number of amides is 1. The van der Waals surface area contributed by atoms with Crippen molar-refractivity contribution in [1.82, 2.24) is 9.88 Å². The van der Waals surface area contributed by atoms with Crippen LogP contribution in [0.5, 0.6) is 11.5 Å². The van der Waals surface area contributed by atoms with Crippen molar-refractivity contribution in [2.45, 2.75) is 19.4 Å². The number of anilines is 2. The zero-order valence-electron chi connectivity index (χ0n) is 17.2. The van der Waals surface area contributed by atoms with Gasteiger partial charge in [0, 0.05) is 25.5 Å². The number of aromatic nitrogens is 1. The molecular weight excluding hydrogens is 378 g/mol. The van der Waals surface area contributed by atoms with Crippen LogP contribution in [-0.2, 0) is 11.2 Å². The van der Waals surface area contributed by atoms with Crippen molar-refractivity contribution in [3.05, 3.63) is 78.5 Å². The Labute approximate surface area is 176 Å². The molecule has 3 aromatic rings. The van der Waals surface area contributed by atoms with Crippen molar-refractivity contribution in [3.8, 4) is 11.5 Å². The number of hydrogen-bond acceptors (Lipinski definition) is 5. The van der Waals surface area contributed by atoms with Crippen molar-refractivity contribution in [1.29, 1.82) is 0 Å². The number of benzene rings is 2. The Bertz CT molecular complexity index is 975. The lowest BCUT2D eigenvalue weighted by molar-refractivity contribution is 0.163. The molecule has 1 unspecified atom stereocenters. The number of carbonyl (C=O) groups excluding carboxylic acids is 1. The molecule has 1 fully saturated rings. The summed E-state index contributed by atoms with van der Waals surface area (Å²) < 4.78 is 11.1.